The van der Waals surface area contributed by atoms with Crippen molar-refractivity contribution in [2.24, 2.45) is 12.8 Å². The standard InChI is InChI=1S/C21H22FN7O3/c1-12(30)24-10-16-11-29(21(31)32-16)15-7-8-17(18(22)9-15)13-3-5-14(6-4-13)19(23)20-25-27-28(2)26-20/h3-9,16,19H,10-11,23H2,1-2H3,(H,24,30). The van der Waals surface area contributed by atoms with Gasteiger partial charge in [0.15, 0.2) is 5.82 Å². The number of tetrazole rings is 1. The maximum atomic E-state index is 14.9. The Hall–Kier alpha value is -3.86. The summed E-state index contributed by atoms with van der Waals surface area (Å²) in [5.41, 5.74) is 8.37. The highest BCUT2D eigenvalue weighted by molar-refractivity contribution is 5.90. The molecule has 1 saturated heterocycles. The van der Waals surface area contributed by atoms with Crippen molar-refractivity contribution in [3.8, 4) is 11.1 Å². The molecule has 1 aromatic heterocycles. The van der Waals surface area contributed by atoms with Crippen molar-refractivity contribution >= 4 is 17.7 Å². The number of anilines is 1. The number of amides is 2. The van der Waals surface area contributed by atoms with Crippen molar-refractivity contribution < 1.29 is 18.7 Å². The monoisotopic (exact) mass is 439 g/mol. The van der Waals surface area contributed by atoms with E-state index in [0.29, 0.717) is 22.6 Å². The number of benzene rings is 2. The lowest BCUT2D eigenvalue weighted by Crippen LogP contribution is -2.33. The Morgan fingerprint density at radius 2 is 2.06 bits per heavy atom. The molecule has 1 aliphatic heterocycles. The number of aryl methyl sites for hydroxylation is 1. The molecule has 3 aromatic rings. The molecule has 0 radical (unpaired) electrons. The van der Waals surface area contributed by atoms with Gasteiger partial charge in [-0.2, -0.15) is 4.80 Å². The smallest absolute Gasteiger partial charge is 0.414 e. The Kier molecular flexibility index (Phi) is 5.82. The van der Waals surface area contributed by atoms with Crippen LogP contribution < -0.4 is 16.0 Å². The maximum Gasteiger partial charge on any atom is 0.414 e. The van der Waals surface area contributed by atoms with Crippen molar-refractivity contribution in [2.45, 2.75) is 19.1 Å². The SMILES string of the molecule is CC(=O)NCC1CN(c2ccc(-c3ccc(C(N)c4nnn(C)n4)cc3)c(F)c2)C(=O)O1. The lowest BCUT2D eigenvalue weighted by atomic mass is 10.00. The number of rotatable bonds is 6. The molecule has 4 rings (SSSR count). The topological polar surface area (TPSA) is 128 Å². The van der Waals surface area contributed by atoms with Crippen LogP contribution in [0.4, 0.5) is 14.9 Å². The highest BCUT2D eigenvalue weighted by atomic mass is 19.1. The largest absolute Gasteiger partial charge is 0.442 e. The molecule has 0 aliphatic carbocycles. The minimum Gasteiger partial charge on any atom is -0.442 e. The first-order valence-corrected chi connectivity index (χ1v) is 9.94. The van der Waals surface area contributed by atoms with E-state index in [1.165, 1.54) is 22.7 Å². The zero-order valence-corrected chi connectivity index (χ0v) is 17.5. The van der Waals surface area contributed by atoms with Crippen LogP contribution >= 0.6 is 0 Å². The molecule has 2 unspecified atom stereocenters. The van der Waals surface area contributed by atoms with Gasteiger partial charge >= 0.3 is 6.09 Å². The van der Waals surface area contributed by atoms with Gasteiger partial charge in [-0.3, -0.25) is 9.69 Å². The number of aromatic nitrogens is 4. The summed E-state index contributed by atoms with van der Waals surface area (Å²) < 4.78 is 20.1. The number of cyclic esters (lactones) is 1. The summed E-state index contributed by atoms with van der Waals surface area (Å²) >= 11 is 0. The van der Waals surface area contributed by atoms with Gasteiger partial charge in [0, 0.05) is 12.5 Å². The van der Waals surface area contributed by atoms with Crippen LogP contribution in [0.1, 0.15) is 24.4 Å². The average molecular weight is 439 g/mol. The Morgan fingerprint density at radius 3 is 2.69 bits per heavy atom. The van der Waals surface area contributed by atoms with Gasteiger partial charge in [0.05, 0.1) is 31.9 Å². The first-order chi connectivity index (χ1) is 15.3. The third kappa shape index (κ3) is 4.42. The molecule has 0 spiro atoms. The highest BCUT2D eigenvalue weighted by Gasteiger charge is 2.32. The molecule has 2 amide bonds. The van der Waals surface area contributed by atoms with E-state index >= 15 is 0 Å². The lowest BCUT2D eigenvalue weighted by Gasteiger charge is -2.15. The van der Waals surface area contributed by atoms with Gasteiger partial charge in [-0.1, -0.05) is 24.3 Å². The highest BCUT2D eigenvalue weighted by Crippen LogP contribution is 2.30. The Morgan fingerprint density at radius 1 is 1.31 bits per heavy atom. The molecule has 2 atom stereocenters. The molecule has 166 valence electrons. The van der Waals surface area contributed by atoms with E-state index in [9.17, 15) is 14.0 Å². The van der Waals surface area contributed by atoms with Crippen LogP contribution in [0.2, 0.25) is 0 Å². The van der Waals surface area contributed by atoms with Gasteiger partial charge in [-0.15, -0.1) is 10.2 Å². The van der Waals surface area contributed by atoms with Gasteiger partial charge < -0.3 is 15.8 Å². The lowest BCUT2D eigenvalue weighted by molar-refractivity contribution is -0.119. The van der Waals surface area contributed by atoms with E-state index in [-0.39, 0.29) is 19.0 Å². The van der Waals surface area contributed by atoms with E-state index < -0.39 is 24.1 Å². The van der Waals surface area contributed by atoms with E-state index in [2.05, 4.69) is 20.7 Å². The van der Waals surface area contributed by atoms with Gasteiger partial charge in [0.25, 0.3) is 0 Å². The second-order valence-corrected chi connectivity index (χ2v) is 7.45. The molecule has 10 nitrogen and oxygen atoms in total. The van der Waals surface area contributed by atoms with E-state index in [4.69, 9.17) is 10.5 Å². The van der Waals surface area contributed by atoms with Crippen LogP contribution in [0.15, 0.2) is 42.5 Å². The molecule has 11 heteroatoms. The van der Waals surface area contributed by atoms with Gasteiger partial charge in [0.1, 0.15) is 11.9 Å². The number of hydrogen-bond acceptors (Lipinski definition) is 7. The number of ether oxygens (including phenoxy) is 1. The summed E-state index contributed by atoms with van der Waals surface area (Å²) in [6, 6.07) is 11.1. The van der Waals surface area contributed by atoms with Crippen molar-refractivity contribution in [3.63, 3.8) is 0 Å². The van der Waals surface area contributed by atoms with Crippen LogP contribution in [-0.4, -0.2) is 51.4 Å². The number of carbonyl (C=O) groups is 2. The Balaban J connectivity index is 1.49. The summed E-state index contributed by atoms with van der Waals surface area (Å²) in [4.78, 5) is 25.9. The first kappa shape index (κ1) is 21.4. The van der Waals surface area contributed by atoms with Gasteiger partial charge in [-0.05, 0) is 34.5 Å². The minimum atomic E-state index is -0.580. The number of nitrogens with two attached hydrogens (primary N) is 1. The van der Waals surface area contributed by atoms with Crippen molar-refractivity contribution in [3.05, 3.63) is 59.7 Å². The summed E-state index contributed by atoms with van der Waals surface area (Å²) in [7, 11) is 1.66. The second kappa shape index (κ2) is 8.71. The molecule has 1 aliphatic rings. The first-order valence-electron chi connectivity index (χ1n) is 9.94. The minimum absolute atomic E-state index is 0.205. The number of hydrogen-bond donors (Lipinski definition) is 2. The van der Waals surface area contributed by atoms with E-state index in [0.717, 1.165) is 5.56 Å². The summed E-state index contributed by atoms with van der Waals surface area (Å²) in [6.45, 7) is 1.81. The molecule has 32 heavy (non-hydrogen) atoms. The molecule has 0 bridgehead atoms. The fourth-order valence-corrected chi connectivity index (χ4v) is 3.44. The predicted molar refractivity (Wildman–Crippen MR) is 113 cm³/mol. The molecular weight excluding hydrogens is 417 g/mol. The van der Waals surface area contributed by atoms with Gasteiger partial charge in [-0.25, -0.2) is 9.18 Å². The molecule has 2 heterocycles. The molecular formula is C21H22FN7O3. The fraction of sp³-hybridized carbons (Fsp3) is 0.286. The quantitative estimate of drug-likeness (QED) is 0.596. The van der Waals surface area contributed by atoms with Crippen molar-refractivity contribution in [1.29, 1.82) is 0 Å². The third-order valence-corrected chi connectivity index (χ3v) is 5.10. The van der Waals surface area contributed by atoms with Crippen LogP contribution in [0.5, 0.6) is 0 Å². The van der Waals surface area contributed by atoms with Crippen molar-refractivity contribution in [1.82, 2.24) is 25.5 Å². The Labute approximate surface area is 183 Å². The predicted octanol–water partition coefficient (Wildman–Crippen LogP) is 1.53. The number of nitrogens with one attached hydrogen (secondary N) is 1. The van der Waals surface area contributed by atoms with Crippen LogP contribution in [0.25, 0.3) is 11.1 Å². The molecule has 3 N–H and O–H groups in total. The summed E-state index contributed by atoms with van der Waals surface area (Å²) in [5.74, 6) is -0.298. The number of carbonyl (C=O) groups excluding carboxylic acids is 2. The molecule has 2 aromatic carbocycles. The Bertz CT molecular complexity index is 1150. The normalized spacial score (nSPS) is 16.7. The third-order valence-electron chi connectivity index (χ3n) is 5.10. The fourth-order valence-electron chi connectivity index (χ4n) is 3.44. The van der Waals surface area contributed by atoms with Crippen LogP contribution in [0.3, 0.4) is 0 Å². The van der Waals surface area contributed by atoms with Crippen LogP contribution in [-0.2, 0) is 16.6 Å². The zero-order chi connectivity index (χ0) is 22.8. The van der Waals surface area contributed by atoms with E-state index in [1.54, 1.807) is 43.4 Å². The number of nitrogens with zero attached hydrogens (tertiary/aromatic N) is 5. The molecule has 0 saturated carbocycles. The summed E-state index contributed by atoms with van der Waals surface area (Å²) in [5, 5.41) is 14.4. The average Bonchev–Trinajstić information content (AvgIpc) is 3.37. The zero-order valence-electron chi connectivity index (χ0n) is 17.5. The second-order valence-electron chi connectivity index (χ2n) is 7.45. The molecule has 1 fully saturated rings. The number of halogens is 1. The van der Waals surface area contributed by atoms with Crippen molar-refractivity contribution in [2.75, 3.05) is 18.0 Å². The van der Waals surface area contributed by atoms with Gasteiger partial charge in [0.2, 0.25) is 5.91 Å². The summed E-state index contributed by atoms with van der Waals surface area (Å²) in [6.07, 6.45) is -1.07. The van der Waals surface area contributed by atoms with Crippen LogP contribution in [0, 0.1) is 5.82 Å². The van der Waals surface area contributed by atoms with E-state index in [1.807, 2.05) is 0 Å². The maximum absolute atomic E-state index is 14.9.